The lowest BCUT2D eigenvalue weighted by molar-refractivity contribution is -0.114. The van der Waals surface area contributed by atoms with Crippen LogP contribution in [-0.4, -0.2) is 41.5 Å². The van der Waals surface area contributed by atoms with Crippen LogP contribution < -0.4 is 5.32 Å². The minimum Gasteiger partial charge on any atom is -0.363 e. The Morgan fingerprint density at radius 1 is 1.57 bits per heavy atom. The van der Waals surface area contributed by atoms with Crippen LogP contribution in [0.25, 0.3) is 10.2 Å². The maximum Gasteiger partial charge on any atom is 0.221 e. The maximum atomic E-state index is 11.4. The lowest BCUT2D eigenvalue weighted by atomic mass is 10.2. The van der Waals surface area contributed by atoms with Crippen molar-refractivity contribution in [2.75, 3.05) is 12.4 Å². The second kappa shape index (κ2) is 7.32. The zero-order chi connectivity index (χ0) is 17.0. The van der Waals surface area contributed by atoms with Gasteiger partial charge in [0.25, 0.3) is 0 Å². The van der Waals surface area contributed by atoms with Crippen LogP contribution in [0.5, 0.6) is 0 Å². The predicted molar refractivity (Wildman–Crippen MR) is 95.0 cm³/mol. The summed E-state index contributed by atoms with van der Waals surface area (Å²) in [4.78, 5) is 34.7. The van der Waals surface area contributed by atoms with Crippen LogP contribution >= 0.6 is 11.3 Å². The van der Waals surface area contributed by atoms with Crippen LogP contribution in [-0.2, 0) is 4.79 Å². The molecule has 2 heterocycles. The van der Waals surface area contributed by atoms with Gasteiger partial charge in [-0.05, 0) is 19.4 Å². The Morgan fingerprint density at radius 3 is 2.91 bits per heavy atom. The average Bonchev–Trinajstić information content (AvgIpc) is 2.90. The second-order valence-corrected chi connectivity index (χ2v) is 6.35. The van der Waals surface area contributed by atoms with Gasteiger partial charge >= 0.3 is 0 Å². The fourth-order valence-corrected chi connectivity index (χ4v) is 3.01. The summed E-state index contributed by atoms with van der Waals surface area (Å²) in [7, 11) is 1.94. The number of aliphatic imine (C=N–C) groups is 1. The molecule has 7 heteroatoms. The number of pyridine rings is 1. The largest absolute Gasteiger partial charge is 0.363 e. The molecular weight excluding hydrogens is 312 g/mol. The summed E-state index contributed by atoms with van der Waals surface area (Å²) < 4.78 is 0. The van der Waals surface area contributed by atoms with Crippen LogP contribution in [0.4, 0.5) is 11.4 Å². The van der Waals surface area contributed by atoms with Crippen molar-refractivity contribution in [3.05, 3.63) is 17.1 Å². The second-order valence-electron chi connectivity index (χ2n) is 5.32. The van der Waals surface area contributed by atoms with Crippen molar-refractivity contribution in [3.63, 3.8) is 0 Å². The first-order valence-corrected chi connectivity index (χ1v) is 8.20. The molecule has 0 radical (unpaired) electrons. The number of anilines is 1. The summed E-state index contributed by atoms with van der Waals surface area (Å²) >= 11 is 1.27. The van der Waals surface area contributed by atoms with E-state index in [4.69, 9.17) is 0 Å². The van der Waals surface area contributed by atoms with Gasteiger partial charge in [-0.15, -0.1) is 11.3 Å². The van der Waals surface area contributed by atoms with Gasteiger partial charge in [0.1, 0.15) is 4.83 Å². The van der Waals surface area contributed by atoms with Crippen molar-refractivity contribution in [1.82, 2.24) is 9.88 Å². The highest BCUT2D eigenvalue weighted by atomic mass is 32.1. The van der Waals surface area contributed by atoms with E-state index in [1.54, 1.807) is 18.6 Å². The van der Waals surface area contributed by atoms with Gasteiger partial charge in [-0.3, -0.25) is 9.59 Å². The van der Waals surface area contributed by atoms with E-state index in [1.165, 1.54) is 18.3 Å². The van der Waals surface area contributed by atoms with E-state index in [2.05, 4.69) is 29.1 Å². The van der Waals surface area contributed by atoms with Crippen LogP contribution in [0.2, 0.25) is 0 Å². The minimum atomic E-state index is -0.178. The highest BCUT2D eigenvalue weighted by Crippen LogP contribution is 2.40. The summed E-state index contributed by atoms with van der Waals surface area (Å²) in [5.74, 6) is -0.178. The standard InChI is InChI=1S/C16H20N4O2S/c1-5-10(2)20(4)9-18-15-13(8-21)23-16-14(15)12(6-7-17-16)19-11(3)22/h6-10H,5H2,1-4H3,(H,17,19,22). The molecule has 0 aliphatic heterocycles. The molecule has 0 aliphatic rings. The highest BCUT2D eigenvalue weighted by molar-refractivity contribution is 7.21. The zero-order valence-electron chi connectivity index (χ0n) is 13.7. The van der Waals surface area contributed by atoms with Gasteiger partial charge in [-0.1, -0.05) is 6.92 Å². The monoisotopic (exact) mass is 332 g/mol. The summed E-state index contributed by atoms with van der Waals surface area (Å²) in [5.41, 5.74) is 1.16. The molecule has 0 bridgehead atoms. The Hall–Kier alpha value is -2.28. The van der Waals surface area contributed by atoms with Gasteiger partial charge in [0.05, 0.1) is 28.0 Å². The number of nitrogens with zero attached hydrogens (tertiary/aromatic N) is 3. The smallest absolute Gasteiger partial charge is 0.221 e. The number of carbonyl (C=O) groups excluding carboxylic acids is 2. The Kier molecular flexibility index (Phi) is 5.44. The molecule has 2 rings (SSSR count). The quantitative estimate of drug-likeness (QED) is 0.499. The van der Waals surface area contributed by atoms with Crippen molar-refractivity contribution < 1.29 is 9.59 Å². The lowest BCUT2D eigenvalue weighted by Gasteiger charge is -2.20. The topological polar surface area (TPSA) is 74.7 Å². The molecule has 1 amide bonds. The number of aldehydes is 1. The molecular formula is C16H20N4O2S. The maximum absolute atomic E-state index is 11.4. The molecule has 0 aromatic carbocycles. The molecule has 2 aromatic rings. The molecule has 1 atom stereocenters. The third-order valence-corrected chi connectivity index (χ3v) is 4.68. The molecule has 2 aromatic heterocycles. The number of hydrogen-bond donors (Lipinski definition) is 1. The van der Waals surface area contributed by atoms with Crippen molar-refractivity contribution in [2.24, 2.45) is 4.99 Å². The summed E-state index contributed by atoms with van der Waals surface area (Å²) in [6.07, 6.45) is 5.09. The first-order chi connectivity index (χ1) is 11.0. The fourth-order valence-electron chi connectivity index (χ4n) is 2.08. The van der Waals surface area contributed by atoms with E-state index in [1.807, 2.05) is 11.9 Å². The lowest BCUT2D eigenvalue weighted by Crippen LogP contribution is -2.26. The molecule has 1 N–H and O–H groups in total. The van der Waals surface area contributed by atoms with Gasteiger partial charge in [0.2, 0.25) is 5.91 Å². The fraction of sp³-hybridized carbons (Fsp3) is 0.375. The van der Waals surface area contributed by atoms with E-state index in [9.17, 15) is 9.59 Å². The van der Waals surface area contributed by atoms with Crippen LogP contribution in [0.1, 0.15) is 36.9 Å². The van der Waals surface area contributed by atoms with Gasteiger partial charge in [-0.25, -0.2) is 9.98 Å². The number of aromatic nitrogens is 1. The van der Waals surface area contributed by atoms with E-state index >= 15 is 0 Å². The number of nitrogens with one attached hydrogen (secondary N) is 1. The van der Waals surface area contributed by atoms with E-state index in [0.29, 0.717) is 32.5 Å². The molecule has 1 unspecified atom stereocenters. The number of thiophene rings is 1. The molecule has 122 valence electrons. The highest BCUT2D eigenvalue weighted by Gasteiger charge is 2.16. The van der Waals surface area contributed by atoms with Crippen molar-refractivity contribution in [3.8, 4) is 0 Å². The molecule has 0 spiro atoms. The first-order valence-electron chi connectivity index (χ1n) is 7.38. The number of fused-ring (bicyclic) bond motifs is 1. The molecule has 0 aliphatic carbocycles. The van der Waals surface area contributed by atoms with Gasteiger partial charge in [0, 0.05) is 26.2 Å². The van der Waals surface area contributed by atoms with Crippen molar-refractivity contribution in [1.29, 1.82) is 0 Å². The zero-order valence-corrected chi connectivity index (χ0v) is 14.5. The first kappa shape index (κ1) is 17.1. The number of hydrogen-bond acceptors (Lipinski definition) is 5. The van der Waals surface area contributed by atoms with E-state index < -0.39 is 0 Å². The SMILES string of the molecule is CCC(C)N(C)C=Nc1c(C=O)sc2nccc(NC(C)=O)c12. The third kappa shape index (κ3) is 3.73. The van der Waals surface area contributed by atoms with Crippen molar-refractivity contribution >= 4 is 51.5 Å². The molecule has 0 saturated heterocycles. The van der Waals surface area contributed by atoms with E-state index in [0.717, 1.165) is 12.7 Å². The van der Waals surface area contributed by atoms with Gasteiger partial charge in [0.15, 0.2) is 6.29 Å². The Morgan fingerprint density at radius 2 is 2.30 bits per heavy atom. The van der Waals surface area contributed by atoms with Crippen LogP contribution in [0.15, 0.2) is 17.3 Å². The molecule has 6 nitrogen and oxygen atoms in total. The van der Waals surface area contributed by atoms with Gasteiger partial charge < -0.3 is 10.2 Å². The Bertz CT molecular complexity index is 754. The van der Waals surface area contributed by atoms with Crippen LogP contribution in [0, 0.1) is 0 Å². The predicted octanol–water partition coefficient (Wildman–Crippen LogP) is 3.46. The molecule has 0 fully saturated rings. The third-order valence-electron chi connectivity index (χ3n) is 3.67. The average molecular weight is 332 g/mol. The van der Waals surface area contributed by atoms with Gasteiger partial charge in [-0.2, -0.15) is 0 Å². The van der Waals surface area contributed by atoms with E-state index in [-0.39, 0.29) is 5.91 Å². The summed E-state index contributed by atoms with van der Waals surface area (Å²) in [6.45, 7) is 5.65. The number of rotatable bonds is 6. The molecule has 23 heavy (non-hydrogen) atoms. The number of carbonyl (C=O) groups is 2. The Labute approximate surface area is 139 Å². The molecule has 0 saturated carbocycles. The number of amides is 1. The Balaban J connectivity index is 2.54. The van der Waals surface area contributed by atoms with Crippen LogP contribution in [0.3, 0.4) is 0 Å². The van der Waals surface area contributed by atoms with Crippen molar-refractivity contribution in [2.45, 2.75) is 33.2 Å². The summed E-state index contributed by atoms with van der Waals surface area (Å²) in [5, 5.41) is 3.47. The normalized spacial score (nSPS) is 12.5. The minimum absolute atomic E-state index is 0.178. The summed E-state index contributed by atoms with van der Waals surface area (Å²) in [6, 6.07) is 2.05.